The van der Waals surface area contributed by atoms with E-state index in [-0.39, 0.29) is 5.56 Å². The third-order valence-corrected chi connectivity index (χ3v) is 4.01. The van der Waals surface area contributed by atoms with Crippen LogP contribution in [0.3, 0.4) is 0 Å². The SMILES string of the molecule is Cc1cn(C2OC(COP(=O)(O)O)C(O)C2OCCF)c(=O)[nH]c1=O. The van der Waals surface area contributed by atoms with Crippen molar-refractivity contribution in [2.24, 2.45) is 0 Å². The average Bonchev–Trinajstić information content (AvgIpc) is 2.82. The number of nitrogens with one attached hydrogen (secondary N) is 1. The van der Waals surface area contributed by atoms with Crippen molar-refractivity contribution in [2.75, 3.05) is 19.9 Å². The van der Waals surface area contributed by atoms with E-state index in [2.05, 4.69) is 9.51 Å². The molecule has 0 amide bonds. The van der Waals surface area contributed by atoms with E-state index in [1.165, 1.54) is 13.1 Å². The monoisotopic (exact) mass is 384 g/mol. The lowest BCUT2D eigenvalue weighted by atomic mass is 10.1. The van der Waals surface area contributed by atoms with E-state index in [1.807, 2.05) is 0 Å². The number of rotatable bonds is 7. The summed E-state index contributed by atoms with van der Waals surface area (Å²) in [5.41, 5.74) is -1.28. The molecular formula is C12H18FN2O9P. The molecule has 0 radical (unpaired) electrons. The maximum Gasteiger partial charge on any atom is 0.469 e. The number of aromatic amines is 1. The number of hydrogen-bond acceptors (Lipinski definition) is 7. The minimum absolute atomic E-state index is 0.178. The van der Waals surface area contributed by atoms with Crippen molar-refractivity contribution < 1.29 is 37.8 Å². The van der Waals surface area contributed by atoms with E-state index in [1.54, 1.807) is 0 Å². The van der Waals surface area contributed by atoms with Crippen LogP contribution in [0.15, 0.2) is 15.8 Å². The summed E-state index contributed by atoms with van der Waals surface area (Å²) in [5, 5.41) is 10.2. The number of aliphatic hydroxyl groups excluding tert-OH is 1. The van der Waals surface area contributed by atoms with Crippen LogP contribution in [0.5, 0.6) is 0 Å². The van der Waals surface area contributed by atoms with Gasteiger partial charge in [0, 0.05) is 11.8 Å². The Morgan fingerprint density at radius 3 is 2.72 bits per heavy atom. The standard InChI is InChI=1S/C12H18FN2O9P/c1-6-4-15(12(18)14-10(6)17)11-9(22-3-2-13)8(16)7(24-11)5-23-25(19,20)21/h4,7-9,11,16H,2-3,5H2,1H3,(H,14,17,18)(H2,19,20,21). The average molecular weight is 384 g/mol. The third kappa shape index (κ3) is 4.82. The maximum atomic E-state index is 12.4. The Bertz CT molecular complexity index is 760. The van der Waals surface area contributed by atoms with E-state index < -0.39 is 63.5 Å². The quantitative estimate of drug-likeness (QED) is 0.413. The lowest BCUT2D eigenvalue weighted by Crippen LogP contribution is -2.40. The van der Waals surface area contributed by atoms with Crippen molar-refractivity contribution in [3.05, 3.63) is 32.6 Å². The fourth-order valence-corrected chi connectivity index (χ4v) is 2.73. The number of H-pyrrole nitrogens is 1. The zero-order valence-electron chi connectivity index (χ0n) is 13.1. The smallest absolute Gasteiger partial charge is 0.387 e. The number of aromatic nitrogens is 2. The normalized spacial score (nSPS) is 26.9. The first-order chi connectivity index (χ1) is 11.6. The molecule has 11 nitrogen and oxygen atoms in total. The lowest BCUT2D eigenvalue weighted by Gasteiger charge is -2.22. The number of halogens is 1. The molecular weight excluding hydrogens is 366 g/mol. The summed E-state index contributed by atoms with van der Waals surface area (Å²) >= 11 is 0. The topological polar surface area (TPSA) is 160 Å². The van der Waals surface area contributed by atoms with Crippen LogP contribution >= 0.6 is 7.82 Å². The second-order valence-corrected chi connectivity index (χ2v) is 6.58. The highest BCUT2D eigenvalue weighted by molar-refractivity contribution is 7.46. The first-order valence-corrected chi connectivity index (χ1v) is 8.70. The van der Waals surface area contributed by atoms with E-state index in [4.69, 9.17) is 19.3 Å². The summed E-state index contributed by atoms with van der Waals surface area (Å²) in [7, 11) is -4.81. The largest absolute Gasteiger partial charge is 0.469 e. The number of phosphoric acid groups is 1. The molecule has 0 spiro atoms. The predicted octanol–water partition coefficient (Wildman–Crippen LogP) is -1.43. The number of nitrogens with zero attached hydrogens (tertiary/aromatic N) is 1. The predicted molar refractivity (Wildman–Crippen MR) is 79.7 cm³/mol. The van der Waals surface area contributed by atoms with E-state index in [0.29, 0.717) is 0 Å². The van der Waals surface area contributed by atoms with Crippen molar-refractivity contribution in [3.63, 3.8) is 0 Å². The maximum absolute atomic E-state index is 12.4. The molecule has 0 aromatic carbocycles. The Labute approximate surface area is 140 Å². The Morgan fingerprint density at radius 1 is 1.44 bits per heavy atom. The van der Waals surface area contributed by atoms with Gasteiger partial charge in [0.1, 0.15) is 25.0 Å². The molecule has 1 saturated heterocycles. The van der Waals surface area contributed by atoms with Gasteiger partial charge in [0.25, 0.3) is 5.56 Å². The third-order valence-electron chi connectivity index (χ3n) is 3.53. The number of hydrogen-bond donors (Lipinski definition) is 4. The highest BCUT2D eigenvalue weighted by atomic mass is 31.2. The van der Waals surface area contributed by atoms with Gasteiger partial charge in [0.05, 0.1) is 13.2 Å². The molecule has 2 rings (SSSR count). The molecule has 13 heteroatoms. The second-order valence-electron chi connectivity index (χ2n) is 5.35. The van der Waals surface area contributed by atoms with Crippen LogP contribution in [-0.4, -0.2) is 62.6 Å². The van der Waals surface area contributed by atoms with Gasteiger partial charge in [-0.3, -0.25) is 18.9 Å². The Kier molecular flexibility index (Phi) is 6.27. The van der Waals surface area contributed by atoms with E-state index in [9.17, 15) is 23.7 Å². The fraction of sp³-hybridized carbons (Fsp3) is 0.667. The summed E-state index contributed by atoms with van der Waals surface area (Å²) < 4.78 is 39.0. The van der Waals surface area contributed by atoms with Crippen LogP contribution in [-0.2, 0) is 18.6 Å². The van der Waals surface area contributed by atoms with Crippen LogP contribution in [0.2, 0.25) is 0 Å². The molecule has 1 aromatic rings. The minimum atomic E-state index is -4.81. The molecule has 1 aliphatic rings. The minimum Gasteiger partial charge on any atom is -0.387 e. The molecule has 4 unspecified atom stereocenters. The summed E-state index contributed by atoms with van der Waals surface area (Å²) in [6.07, 6.45) is -4.00. The van der Waals surface area contributed by atoms with Gasteiger partial charge in [0.15, 0.2) is 6.23 Å². The van der Waals surface area contributed by atoms with Gasteiger partial charge in [-0.05, 0) is 6.92 Å². The van der Waals surface area contributed by atoms with Gasteiger partial charge in [-0.2, -0.15) is 0 Å². The van der Waals surface area contributed by atoms with Gasteiger partial charge in [-0.1, -0.05) is 0 Å². The molecule has 4 atom stereocenters. The lowest BCUT2D eigenvalue weighted by molar-refractivity contribution is -0.0759. The van der Waals surface area contributed by atoms with E-state index in [0.717, 1.165) is 4.57 Å². The molecule has 0 aliphatic carbocycles. The zero-order chi connectivity index (χ0) is 18.8. The molecule has 1 fully saturated rings. The highest BCUT2D eigenvalue weighted by Crippen LogP contribution is 2.38. The summed E-state index contributed by atoms with van der Waals surface area (Å²) in [6, 6.07) is 0. The van der Waals surface area contributed by atoms with Gasteiger partial charge < -0.3 is 24.4 Å². The Morgan fingerprint density at radius 2 is 2.12 bits per heavy atom. The van der Waals surface area contributed by atoms with Crippen molar-refractivity contribution in [1.82, 2.24) is 9.55 Å². The number of aliphatic hydroxyl groups is 1. The van der Waals surface area contributed by atoms with Gasteiger partial charge in [0.2, 0.25) is 0 Å². The van der Waals surface area contributed by atoms with Crippen LogP contribution in [0.1, 0.15) is 11.8 Å². The van der Waals surface area contributed by atoms with Crippen molar-refractivity contribution in [3.8, 4) is 0 Å². The van der Waals surface area contributed by atoms with Crippen LogP contribution in [0.25, 0.3) is 0 Å². The second kappa shape index (κ2) is 7.87. The Hall–Kier alpha value is -1.40. The van der Waals surface area contributed by atoms with Crippen molar-refractivity contribution in [2.45, 2.75) is 31.5 Å². The molecule has 1 aliphatic heterocycles. The summed E-state index contributed by atoms with van der Waals surface area (Å²) in [6.45, 7) is -0.510. The highest BCUT2D eigenvalue weighted by Gasteiger charge is 2.46. The van der Waals surface area contributed by atoms with Gasteiger partial charge >= 0.3 is 13.5 Å². The van der Waals surface area contributed by atoms with Gasteiger partial charge in [-0.25, -0.2) is 13.8 Å². The fourth-order valence-electron chi connectivity index (χ4n) is 2.39. The molecule has 142 valence electrons. The number of aryl methyl sites for hydroxylation is 1. The molecule has 4 N–H and O–H groups in total. The van der Waals surface area contributed by atoms with Crippen molar-refractivity contribution in [1.29, 1.82) is 0 Å². The van der Waals surface area contributed by atoms with Crippen LogP contribution in [0.4, 0.5) is 4.39 Å². The van der Waals surface area contributed by atoms with Crippen LogP contribution in [0, 0.1) is 6.92 Å². The van der Waals surface area contributed by atoms with Gasteiger partial charge in [-0.15, -0.1) is 0 Å². The zero-order valence-corrected chi connectivity index (χ0v) is 14.0. The van der Waals surface area contributed by atoms with E-state index >= 15 is 0 Å². The number of phosphoric ester groups is 1. The molecule has 0 bridgehead atoms. The summed E-state index contributed by atoms with van der Waals surface area (Å²) in [5.74, 6) is 0. The number of ether oxygens (including phenoxy) is 2. The molecule has 2 heterocycles. The van der Waals surface area contributed by atoms with Crippen LogP contribution < -0.4 is 11.2 Å². The first kappa shape index (κ1) is 19.9. The Balaban J connectivity index is 2.30. The summed E-state index contributed by atoms with van der Waals surface area (Å²) in [4.78, 5) is 43.0. The molecule has 0 saturated carbocycles. The first-order valence-electron chi connectivity index (χ1n) is 7.17. The van der Waals surface area contributed by atoms with Crippen molar-refractivity contribution >= 4 is 7.82 Å². The molecule has 25 heavy (non-hydrogen) atoms. The number of alkyl halides is 1. The molecule has 1 aromatic heterocycles.